The monoisotopic (exact) mass is 243 g/mol. The van der Waals surface area contributed by atoms with Crippen molar-refractivity contribution in [3.8, 4) is 0 Å². The molecule has 0 bridgehead atoms. The van der Waals surface area contributed by atoms with Gasteiger partial charge < -0.3 is 0 Å². The van der Waals surface area contributed by atoms with Crippen LogP contribution in [0.4, 0.5) is 4.39 Å². The number of aryl methyl sites for hydroxylation is 2. The Morgan fingerprint density at radius 1 is 1.28 bits per heavy atom. The summed E-state index contributed by atoms with van der Waals surface area (Å²) >= 11 is 0. The molecule has 0 spiro atoms. The summed E-state index contributed by atoms with van der Waals surface area (Å²) in [5, 5.41) is 0. The minimum atomic E-state index is -0.379. The van der Waals surface area contributed by atoms with Gasteiger partial charge in [0.1, 0.15) is 5.82 Å². The number of carbonyl (C=O) groups excluding carboxylic acids is 1. The van der Waals surface area contributed by atoms with Crippen LogP contribution in [0.5, 0.6) is 0 Å². The van der Waals surface area contributed by atoms with Gasteiger partial charge in [-0.05, 0) is 49.2 Å². The van der Waals surface area contributed by atoms with Gasteiger partial charge in [0, 0.05) is 11.8 Å². The molecule has 2 nitrogen and oxygen atoms in total. The number of ketones is 1. The molecule has 0 saturated carbocycles. The minimum absolute atomic E-state index is 0.112. The van der Waals surface area contributed by atoms with E-state index in [4.69, 9.17) is 0 Å². The molecule has 18 heavy (non-hydrogen) atoms. The normalized spacial score (nSPS) is 10.4. The van der Waals surface area contributed by atoms with Gasteiger partial charge in [0.05, 0.1) is 12.1 Å². The van der Waals surface area contributed by atoms with Crippen LogP contribution in [0.15, 0.2) is 36.5 Å². The summed E-state index contributed by atoms with van der Waals surface area (Å²) in [6.45, 7) is 3.68. The van der Waals surface area contributed by atoms with Gasteiger partial charge in [-0.1, -0.05) is 6.07 Å². The summed E-state index contributed by atoms with van der Waals surface area (Å²) in [5.74, 6) is -0.490. The summed E-state index contributed by atoms with van der Waals surface area (Å²) in [6.07, 6.45) is 1.86. The van der Waals surface area contributed by atoms with Crippen molar-refractivity contribution < 1.29 is 9.18 Å². The third kappa shape index (κ3) is 2.80. The average molecular weight is 243 g/mol. The summed E-state index contributed by atoms with van der Waals surface area (Å²) in [4.78, 5) is 16.2. The Labute approximate surface area is 105 Å². The lowest BCUT2D eigenvalue weighted by Crippen LogP contribution is -2.07. The van der Waals surface area contributed by atoms with Crippen molar-refractivity contribution in [2.45, 2.75) is 20.3 Å². The average Bonchev–Trinajstić information content (AvgIpc) is 2.31. The zero-order valence-corrected chi connectivity index (χ0v) is 10.4. The largest absolute Gasteiger partial charge is 0.294 e. The zero-order valence-electron chi connectivity index (χ0n) is 10.4. The van der Waals surface area contributed by atoms with E-state index in [1.807, 2.05) is 19.1 Å². The number of Topliss-reactive ketones (excluding diaryl/α,β-unsaturated/α-hetero) is 1. The van der Waals surface area contributed by atoms with Crippen molar-refractivity contribution in [1.82, 2.24) is 4.98 Å². The molecule has 0 radical (unpaired) electrons. The molecule has 2 rings (SSSR count). The molecule has 1 aromatic heterocycles. The maximum Gasteiger partial charge on any atom is 0.168 e. The number of rotatable bonds is 3. The molecule has 3 heteroatoms. The fraction of sp³-hybridized carbons (Fsp3) is 0.200. The van der Waals surface area contributed by atoms with Crippen LogP contribution in [0.1, 0.15) is 27.2 Å². The molecule has 0 N–H and O–H groups in total. The predicted octanol–water partition coefficient (Wildman–Crippen LogP) is 3.26. The Hall–Kier alpha value is -2.03. The van der Waals surface area contributed by atoms with Crippen molar-refractivity contribution in [3.63, 3.8) is 0 Å². The van der Waals surface area contributed by atoms with Crippen molar-refractivity contribution >= 4 is 5.78 Å². The van der Waals surface area contributed by atoms with Crippen LogP contribution in [0.25, 0.3) is 0 Å². The molecule has 0 amide bonds. The van der Waals surface area contributed by atoms with Gasteiger partial charge >= 0.3 is 0 Å². The third-order valence-corrected chi connectivity index (χ3v) is 2.81. The van der Waals surface area contributed by atoms with Gasteiger partial charge in [-0.15, -0.1) is 0 Å². The number of carbonyl (C=O) groups is 1. The van der Waals surface area contributed by atoms with E-state index in [2.05, 4.69) is 4.98 Å². The second kappa shape index (κ2) is 5.08. The maximum atomic E-state index is 13.2. The molecule has 0 aliphatic heterocycles. The van der Waals surface area contributed by atoms with Crippen molar-refractivity contribution in [1.29, 1.82) is 0 Å². The van der Waals surface area contributed by atoms with Crippen LogP contribution < -0.4 is 0 Å². The van der Waals surface area contributed by atoms with E-state index in [0.717, 1.165) is 16.8 Å². The fourth-order valence-electron chi connectivity index (χ4n) is 1.85. The molecule has 0 aliphatic carbocycles. The third-order valence-electron chi connectivity index (χ3n) is 2.81. The van der Waals surface area contributed by atoms with Gasteiger partial charge in [-0.3, -0.25) is 9.78 Å². The molecule has 0 unspecified atom stereocenters. The van der Waals surface area contributed by atoms with Crippen LogP contribution >= 0.6 is 0 Å². The second-order valence-electron chi connectivity index (χ2n) is 4.38. The van der Waals surface area contributed by atoms with E-state index in [0.29, 0.717) is 5.56 Å². The number of pyridine rings is 1. The molecular weight excluding hydrogens is 229 g/mol. The highest BCUT2D eigenvalue weighted by Gasteiger charge is 2.11. The molecule has 0 aliphatic rings. The van der Waals surface area contributed by atoms with Gasteiger partial charge in [-0.25, -0.2) is 4.39 Å². The predicted molar refractivity (Wildman–Crippen MR) is 68.1 cm³/mol. The van der Waals surface area contributed by atoms with Crippen molar-refractivity contribution in [3.05, 3.63) is 64.7 Å². The van der Waals surface area contributed by atoms with Gasteiger partial charge in [0.2, 0.25) is 0 Å². The van der Waals surface area contributed by atoms with E-state index in [1.54, 1.807) is 19.2 Å². The molecular formula is C15H14FNO. The Morgan fingerprint density at radius 2 is 2.06 bits per heavy atom. The van der Waals surface area contributed by atoms with Gasteiger partial charge in [0.25, 0.3) is 0 Å². The van der Waals surface area contributed by atoms with Crippen LogP contribution in [0.2, 0.25) is 0 Å². The van der Waals surface area contributed by atoms with Crippen molar-refractivity contribution in [2.75, 3.05) is 0 Å². The van der Waals surface area contributed by atoms with Crippen LogP contribution in [-0.4, -0.2) is 10.8 Å². The Kier molecular flexibility index (Phi) is 3.51. The first-order chi connectivity index (χ1) is 8.56. The van der Waals surface area contributed by atoms with Crippen molar-refractivity contribution in [2.24, 2.45) is 0 Å². The molecule has 92 valence electrons. The molecule has 2 aromatic rings. The molecule has 0 atom stereocenters. The van der Waals surface area contributed by atoms with Crippen LogP contribution in [0.3, 0.4) is 0 Å². The molecule has 1 heterocycles. The van der Waals surface area contributed by atoms with E-state index >= 15 is 0 Å². The Morgan fingerprint density at radius 3 is 2.72 bits per heavy atom. The van der Waals surface area contributed by atoms with Crippen LogP contribution in [-0.2, 0) is 6.42 Å². The lowest BCUT2D eigenvalue weighted by molar-refractivity contribution is 0.0991. The number of hydrogen-bond acceptors (Lipinski definition) is 2. The van der Waals surface area contributed by atoms with Gasteiger partial charge in [0.15, 0.2) is 5.78 Å². The van der Waals surface area contributed by atoms with Gasteiger partial charge in [-0.2, -0.15) is 0 Å². The number of benzene rings is 1. The summed E-state index contributed by atoms with van der Waals surface area (Å²) < 4.78 is 13.2. The molecule has 1 aromatic carbocycles. The smallest absolute Gasteiger partial charge is 0.168 e. The highest BCUT2D eigenvalue weighted by atomic mass is 19.1. The quantitative estimate of drug-likeness (QED) is 0.774. The number of hydrogen-bond donors (Lipinski definition) is 0. The number of aromatic nitrogens is 1. The van der Waals surface area contributed by atoms with E-state index in [9.17, 15) is 9.18 Å². The summed E-state index contributed by atoms with van der Waals surface area (Å²) in [7, 11) is 0. The highest BCUT2D eigenvalue weighted by molar-refractivity contribution is 5.97. The molecule has 0 fully saturated rings. The van der Waals surface area contributed by atoms with E-state index < -0.39 is 0 Å². The minimum Gasteiger partial charge on any atom is -0.294 e. The zero-order chi connectivity index (χ0) is 13.1. The Bertz CT molecular complexity index is 573. The fourth-order valence-corrected chi connectivity index (χ4v) is 1.85. The topological polar surface area (TPSA) is 30.0 Å². The van der Waals surface area contributed by atoms with Crippen LogP contribution in [0, 0.1) is 19.7 Å². The number of nitrogens with zero attached hydrogens (tertiary/aromatic N) is 1. The maximum absolute atomic E-state index is 13.2. The first kappa shape index (κ1) is 12.4. The summed E-state index contributed by atoms with van der Waals surface area (Å²) in [5.41, 5.74) is 2.86. The van der Waals surface area contributed by atoms with E-state index in [-0.39, 0.29) is 18.0 Å². The second-order valence-corrected chi connectivity index (χ2v) is 4.38. The standard InChI is InChI=1S/C15H14FNO/c1-10-6-12(8-13(16)7-10)15(18)9-14-11(2)4-3-5-17-14/h3-8H,9H2,1-2H3. The SMILES string of the molecule is Cc1cc(F)cc(C(=O)Cc2ncccc2C)c1. The Balaban J connectivity index is 2.25. The first-order valence-corrected chi connectivity index (χ1v) is 5.77. The summed E-state index contributed by atoms with van der Waals surface area (Å²) in [6, 6.07) is 8.11. The number of halogens is 1. The first-order valence-electron chi connectivity index (χ1n) is 5.77. The lowest BCUT2D eigenvalue weighted by atomic mass is 10.0. The highest BCUT2D eigenvalue weighted by Crippen LogP contribution is 2.12. The molecule has 0 saturated heterocycles. The van der Waals surface area contributed by atoms with E-state index in [1.165, 1.54) is 12.1 Å². The lowest BCUT2D eigenvalue weighted by Gasteiger charge is -2.05.